The molecular formula is C18H26O3. The summed E-state index contributed by atoms with van der Waals surface area (Å²) in [7, 11) is 0. The number of esters is 1. The van der Waals surface area contributed by atoms with Gasteiger partial charge < -0.3 is 9.47 Å². The third-order valence-corrected chi connectivity index (χ3v) is 3.90. The van der Waals surface area contributed by atoms with E-state index >= 15 is 0 Å². The Bertz CT molecular complexity index is 416. The molecule has 1 aliphatic rings. The molecule has 2 rings (SSSR count). The maximum absolute atomic E-state index is 11.8. The van der Waals surface area contributed by atoms with Crippen LogP contribution in [0.15, 0.2) is 30.3 Å². The number of rotatable bonds is 9. The Morgan fingerprint density at radius 3 is 2.33 bits per heavy atom. The summed E-state index contributed by atoms with van der Waals surface area (Å²) >= 11 is 0. The molecule has 0 radical (unpaired) electrons. The molecule has 0 bridgehead atoms. The molecule has 0 N–H and O–H groups in total. The van der Waals surface area contributed by atoms with Crippen LogP contribution < -0.4 is 0 Å². The Balaban J connectivity index is 1.64. The molecule has 1 aromatic rings. The summed E-state index contributed by atoms with van der Waals surface area (Å²) in [6, 6.07) is 9.56. The number of cyclic esters (lactones) is 1. The fourth-order valence-corrected chi connectivity index (χ4v) is 2.66. The first-order chi connectivity index (χ1) is 10.3. The molecule has 3 heteroatoms. The first kappa shape index (κ1) is 16.0. The van der Waals surface area contributed by atoms with Crippen molar-refractivity contribution in [3.05, 3.63) is 35.9 Å². The maximum atomic E-state index is 11.8. The summed E-state index contributed by atoms with van der Waals surface area (Å²) in [6.45, 7) is 2.23. The minimum Gasteiger partial charge on any atom is -0.434 e. The molecule has 0 saturated carbocycles. The van der Waals surface area contributed by atoms with Gasteiger partial charge in [-0.25, -0.2) is 4.79 Å². The summed E-state index contributed by atoms with van der Waals surface area (Å²) in [4.78, 5) is 11.8. The highest BCUT2D eigenvalue weighted by Crippen LogP contribution is 2.29. The quantitative estimate of drug-likeness (QED) is 0.485. The first-order valence-electron chi connectivity index (χ1n) is 8.22. The Morgan fingerprint density at radius 1 is 0.952 bits per heavy atom. The van der Waals surface area contributed by atoms with E-state index in [1.807, 2.05) is 30.3 Å². The molecule has 0 amide bonds. The standard InChI is InChI=1S/C18H26O3/c1-2-3-4-5-6-7-11-14-16-20-17(18(19)21-16)15-12-9-8-10-13-15/h8-10,12-13,16-17H,2-7,11,14H2,1H3/t16-,17-/m1/s1. The Hall–Kier alpha value is -1.35. The number of hydrogen-bond acceptors (Lipinski definition) is 3. The monoisotopic (exact) mass is 290 g/mol. The number of carbonyl (C=O) groups is 1. The summed E-state index contributed by atoms with van der Waals surface area (Å²) in [5, 5.41) is 0. The second kappa shape index (κ2) is 8.83. The normalized spacial score (nSPS) is 21.5. The molecule has 0 unspecified atom stereocenters. The highest BCUT2D eigenvalue weighted by Gasteiger charge is 2.35. The van der Waals surface area contributed by atoms with Crippen molar-refractivity contribution in [1.29, 1.82) is 0 Å². The van der Waals surface area contributed by atoms with Gasteiger partial charge in [-0.05, 0) is 12.0 Å². The number of unbranched alkanes of at least 4 members (excludes halogenated alkanes) is 6. The van der Waals surface area contributed by atoms with Crippen molar-refractivity contribution in [1.82, 2.24) is 0 Å². The summed E-state index contributed by atoms with van der Waals surface area (Å²) < 4.78 is 11.0. The lowest BCUT2D eigenvalue weighted by atomic mass is 10.1. The van der Waals surface area contributed by atoms with Gasteiger partial charge in [0.15, 0.2) is 6.10 Å². The van der Waals surface area contributed by atoms with E-state index in [0.717, 1.165) is 18.4 Å². The second-order valence-corrected chi connectivity index (χ2v) is 5.70. The van der Waals surface area contributed by atoms with E-state index in [-0.39, 0.29) is 12.3 Å². The van der Waals surface area contributed by atoms with Crippen LogP contribution in [0.3, 0.4) is 0 Å². The molecule has 0 aliphatic carbocycles. The zero-order chi connectivity index (χ0) is 14.9. The van der Waals surface area contributed by atoms with Crippen molar-refractivity contribution < 1.29 is 14.3 Å². The first-order valence-corrected chi connectivity index (χ1v) is 8.22. The van der Waals surface area contributed by atoms with Gasteiger partial charge in [0.05, 0.1) is 0 Å². The van der Waals surface area contributed by atoms with E-state index in [9.17, 15) is 4.79 Å². The van der Waals surface area contributed by atoms with Gasteiger partial charge in [-0.3, -0.25) is 0 Å². The SMILES string of the molecule is CCCCCCCCC[C@H]1OC(=O)[C@@H](c2ccccc2)O1. The number of hydrogen-bond donors (Lipinski definition) is 0. The smallest absolute Gasteiger partial charge is 0.342 e. The lowest BCUT2D eigenvalue weighted by Gasteiger charge is -2.09. The van der Waals surface area contributed by atoms with Crippen LogP contribution >= 0.6 is 0 Å². The molecule has 1 heterocycles. The minimum absolute atomic E-state index is 0.255. The molecule has 1 saturated heterocycles. The lowest BCUT2D eigenvalue weighted by Crippen LogP contribution is -2.07. The fraction of sp³-hybridized carbons (Fsp3) is 0.611. The zero-order valence-corrected chi connectivity index (χ0v) is 12.9. The highest BCUT2D eigenvalue weighted by atomic mass is 16.7. The third-order valence-electron chi connectivity index (χ3n) is 3.90. The summed E-state index contributed by atoms with van der Waals surface area (Å²) in [5.41, 5.74) is 0.879. The summed E-state index contributed by atoms with van der Waals surface area (Å²) in [6.07, 6.45) is 8.69. The van der Waals surface area contributed by atoms with Gasteiger partial charge >= 0.3 is 5.97 Å². The Morgan fingerprint density at radius 2 is 1.62 bits per heavy atom. The minimum atomic E-state index is -0.541. The van der Waals surface area contributed by atoms with E-state index in [0.29, 0.717) is 0 Å². The highest BCUT2D eigenvalue weighted by molar-refractivity contribution is 5.77. The van der Waals surface area contributed by atoms with Gasteiger partial charge in [-0.1, -0.05) is 75.8 Å². The van der Waals surface area contributed by atoms with Gasteiger partial charge in [0.1, 0.15) is 0 Å². The number of benzene rings is 1. The predicted octanol–water partition coefficient (Wildman–Crippen LogP) is 4.77. The molecule has 2 atom stereocenters. The largest absolute Gasteiger partial charge is 0.434 e. The van der Waals surface area contributed by atoms with Crippen LogP contribution in [0.5, 0.6) is 0 Å². The molecule has 0 spiro atoms. The van der Waals surface area contributed by atoms with E-state index in [1.165, 1.54) is 38.5 Å². The van der Waals surface area contributed by atoms with Gasteiger partial charge in [0.25, 0.3) is 0 Å². The molecule has 3 nitrogen and oxygen atoms in total. The van der Waals surface area contributed by atoms with E-state index in [4.69, 9.17) is 9.47 Å². The van der Waals surface area contributed by atoms with Gasteiger partial charge in [-0.2, -0.15) is 0 Å². The summed E-state index contributed by atoms with van der Waals surface area (Å²) in [5.74, 6) is -0.255. The fourth-order valence-electron chi connectivity index (χ4n) is 2.66. The van der Waals surface area contributed by atoms with E-state index < -0.39 is 6.10 Å². The van der Waals surface area contributed by atoms with Crippen LogP contribution in [-0.4, -0.2) is 12.3 Å². The van der Waals surface area contributed by atoms with Crippen LogP contribution in [-0.2, 0) is 14.3 Å². The van der Waals surface area contributed by atoms with Crippen molar-refractivity contribution in [2.75, 3.05) is 0 Å². The molecule has 1 fully saturated rings. The lowest BCUT2D eigenvalue weighted by molar-refractivity contribution is -0.144. The second-order valence-electron chi connectivity index (χ2n) is 5.70. The predicted molar refractivity (Wildman–Crippen MR) is 82.8 cm³/mol. The van der Waals surface area contributed by atoms with Gasteiger partial charge in [0, 0.05) is 6.42 Å². The average Bonchev–Trinajstić information content (AvgIpc) is 2.88. The maximum Gasteiger partial charge on any atom is 0.342 e. The van der Waals surface area contributed by atoms with Crippen molar-refractivity contribution in [2.45, 2.75) is 70.7 Å². The van der Waals surface area contributed by atoms with Crippen LogP contribution in [0.4, 0.5) is 0 Å². The van der Waals surface area contributed by atoms with Crippen LogP contribution in [0.2, 0.25) is 0 Å². The number of carbonyl (C=O) groups excluding carboxylic acids is 1. The Labute approximate surface area is 127 Å². The van der Waals surface area contributed by atoms with E-state index in [2.05, 4.69) is 6.92 Å². The van der Waals surface area contributed by atoms with Gasteiger partial charge in [-0.15, -0.1) is 0 Å². The van der Waals surface area contributed by atoms with E-state index in [1.54, 1.807) is 0 Å². The van der Waals surface area contributed by atoms with Gasteiger partial charge in [0.2, 0.25) is 6.29 Å². The topological polar surface area (TPSA) is 35.5 Å². The number of ether oxygens (including phenoxy) is 2. The van der Waals surface area contributed by atoms with Crippen molar-refractivity contribution in [3.63, 3.8) is 0 Å². The third kappa shape index (κ3) is 5.16. The van der Waals surface area contributed by atoms with Crippen LogP contribution in [0.25, 0.3) is 0 Å². The molecular weight excluding hydrogens is 264 g/mol. The molecule has 1 aliphatic heterocycles. The molecule has 21 heavy (non-hydrogen) atoms. The molecule has 116 valence electrons. The zero-order valence-electron chi connectivity index (χ0n) is 12.9. The van der Waals surface area contributed by atoms with Crippen molar-refractivity contribution in [2.24, 2.45) is 0 Å². The van der Waals surface area contributed by atoms with Crippen LogP contribution in [0, 0.1) is 0 Å². The van der Waals surface area contributed by atoms with Crippen LogP contribution in [0.1, 0.15) is 70.0 Å². The molecule has 0 aromatic heterocycles. The molecule has 1 aromatic carbocycles. The Kier molecular flexibility index (Phi) is 6.74. The van der Waals surface area contributed by atoms with Crippen molar-refractivity contribution >= 4 is 5.97 Å². The van der Waals surface area contributed by atoms with Crippen molar-refractivity contribution in [3.8, 4) is 0 Å². The average molecular weight is 290 g/mol.